The number of morpholine rings is 1. The Morgan fingerprint density at radius 3 is 2.54 bits per heavy atom. The molecule has 3 rings (SSSR count). The van der Waals surface area contributed by atoms with E-state index in [-0.39, 0.29) is 17.7 Å². The van der Waals surface area contributed by atoms with Crippen LogP contribution in [0.5, 0.6) is 0 Å². The van der Waals surface area contributed by atoms with Gasteiger partial charge in [-0.3, -0.25) is 4.79 Å². The van der Waals surface area contributed by atoms with E-state index in [4.69, 9.17) is 4.74 Å². The first-order chi connectivity index (χ1) is 11.1. The minimum Gasteiger partial charge on any atom is -0.372 e. The highest BCUT2D eigenvalue weighted by Gasteiger charge is 2.47. The van der Waals surface area contributed by atoms with E-state index in [9.17, 15) is 18.0 Å². The highest BCUT2D eigenvalue weighted by atomic mass is 19.4. The third-order valence-electron chi connectivity index (χ3n) is 5.43. The average molecular weight is 342 g/mol. The molecule has 0 aromatic heterocycles. The minimum absolute atomic E-state index is 0.0277. The van der Waals surface area contributed by atoms with Gasteiger partial charge in [0.1, 0.15) is 0 Å². The second kappa shape index (κ2) is 5.46. The first-order valence-electron chi connectivity index (χ1n) is 7.94. The Morgan fingerprint density at radius 2 is 1.96 bits per heavy atom. The largest absolute Gasteiger partial charge is 0.416 e. The number of ether oxygens (including phenoxy) is 1. The van der Waals surface area contributed by atoms with Gasteiger partial charge in [-0.25, -0.2) is 0 Å². The summed E-state index contributed by atoms with van der Waals surface area (Å²) in [5.41, 5.74) is -1.53. The predicted molar refractivity (Wildman–Crippen MR) is 82.9 cm³/mol. The number of alkyl halides is 3. The van der Waals surface area contributed by atoms with Gasteiger partial charge in [0.15, 0.2) is 0 Å². The van der Waals surface area contributed by atoms with Crippen LogP contribution in [0.15, 0.2) is 12.1 Å². The fourth-order valence-corrected chi connectivity index (χ4v) is 3.38. The van der Waals surface area contributed by atoms with Crippen molar-refractivity contribution in [2.45, 2.75) is 44.5 Å². The normalized spacial score (nSPS) is 24.7. The van der Waals surface area contributed by atoms with Crippen LogP contribution in [0.3, 0.4) is 0 Å². The van der Waals surface area contributed by atoms with E-state index in [0.717, 1.165) is 0 Å². The lowest BCUT2D eigenvalue weighted by molar-refractivity contribution is -0.138. The molecular formula is C17H21F3N2O2. The Labute approximate surface area is 138 Å². The second-order valence-corrected chi connectivity index (χ2v) is 7.11. The van der Waals surface area contributed by atoms with Gasteiger partial charge >= 0.3 is 6.18 Å². The van der Waals surface area contributed by atoms with Crippen molar-refractivity contribution < 1.29 is 22.7 Å². The number of rotatable bonds is 2. The molecule has 2 aliphatic rings. The minimum atomic E-state index is -4.50. The van der Waals surface area contributed by atoms with Crippen molar-refractivity contribution >= 4 is 5.91 Å². The quantitative estimate of drug-likeness (QED) is 0.869. The van der Waals surface area contributed by atoms with Crippen LogP contribution in [0.4, 0.5) is 13.2 Å². The summed E-state index contributed by atoms with van der Waals surface area (Å²) in [6, 6.07) is 2.75. The fraction of sp³-hybridized carbons (Fsp3) is 0.588. The molecule has 1 aromatic carbocycles. The number of nitrogens with one attached hydrogen (secondary N) is 2. The standard InChI is InChI=1S/C17H21F3N2O2/c1-15(2,16(3)9-21-4-5-24-16)10-6-11-12(8-22-14(11)23)13(7-10)17(18,19)20/h6-7,21H,4-5,8-9H2,1-3H3,(H,22,23)/t16-/m0/s1. The predicted octanol–water partition coefficient (Wildman–Crippen LogP) is 2.60. The molecule has 1 saturated heterocycles. The van der Waals surface area contributed by atoms with Crippen LogP contribution in [0, 0.1) is 0 Å². The zero-order valence-electron chi connectivity index (χ0n) is 13.9. The van der Waals surface area contributed by atoms with Crippen LogP contribution in [0.1, 0.15) is 47.8 Å². The molecule has 1 fully saturated rings. The molecule has 0 spiro atoms. The molecule has 0 bridgehead atoms. The summed E-state index contributed by atoms with van der Waals surface area (Å²) in [5, 5.41) is 5.71. The smallest absolute Gasteiger partial charge is 0.372 e. The van der Waals surface area contributed by atoms with Gasteiger partial charge in [-0.15, -0.1) is 0 Å². The number of carbonyl (C=O) groups excluding carboxylic acids is 1. The van der Waals surface area contributed by atoms with Crippen LogP contribution in [-0.4, -0.2) is 31.2 Å². The third kappa shape index (κ3) is 2.59. The summed E-state index contributed by atoms with van der Waals surface area (Å²) in [7, 11) is 0. The lowest BCUT2D eigenvalue weighted by atomic mass is 9.69. The molecule has 0 radical (unpaired) electrons. The van der Waals surface area contributed by atoms with Gasteiger partial charge in [0, 0.05) is 30.6 Å². The van der Waals surface area contributed by atoms with Crippen LogP contribution in [-0.2, 0) is 22.9 Å². The first kappa shape index (κ1) is 17.2. The molecule has 24 heavy (non-hydrogen) atoms. The van der Waals surface area contributed by atoms with Gasteiger partial charge in [0.2, 0.25) is 0 Å². The summed E-state index contributed by atoms with van der Waals surface area (Å²) in [6.45, 7) is 7.26. The maximum Gasteiger partial charge on any atom is 0.416 e. The highest BCUT2D eigenvalue weighted by molar-refractivity contribution is 5.99. The van der Waals surface area contributed by atoms with Crippen LogP contribution < -0.4 is 10.6 Å². The van der Waals surface area contributed by atoms with E-state index in [0.29, 0.717) is 25.3 Å². The molecule has 0 unspecified atom stereocenters. The van der Waals surface area contributed by atoms with Crippen molar-refractivity contribution in [2.24, 2.45) is 0 Å². The second-order valence-electron chi connectivity index (χ2n) is 7.11. The third-order valence-corrected chi connectivity index (χ3v) is 5.43. The molecule has 1 atom stereocenters. The van der Waals surface area contributed by atoms with E-state index >= 15 is 0 Å². The molecule has 2 aliphatic heterocycles. The zero-order chi connectivity index (χ0) is 17.8. The maximum atomic E-state index is 13.5. The fourth-order valence-electron chi connectivity index (χ4n) is 3.38. The summed E-state index contributed by atoms with van der Waals surface area (Å²) in [5.74, 6) is -0.457. The van der Waals surface area contributed by atoms with Gasteiger partial charge in [-0.1, -0.05) is 13.8 Å². The van der Waals surface area contributed by atoms with E-state index in [1.54, 1.807) is 6.07 Å². The lowest BCUT2D eigenvalue weighted by Crippen LogP contribution is -2.58. The topological polar surface area (TPSA) is 50.4 Å². The van der Waals surface area contributed by atoms with Gasteiger partial charge < -0.3 is 15.4 Å². The van der Waals surface area contributed by atoms with E-state index in [1.165, 1.54) is 6.07 Å². The SMILES string of the molecule is CC(C)(c1cc2c(c(C(F)(F)F)c1)CNC2=O)[C@]1(C)CNCCO1. The molecule has 2 N–H and O–H groups in total. The van der Waals surface area contributed by atoms with E-state index < -0.39 is 28.7 Å². The Hall–Kier alpha value is -1.60. The zero-order valence-corrected chi connectivity index (χ0v) is 13.9. The highest BCUT2D eigenvalue weighted by Crippen LogP contribution is 2.43. The molecule has 4 nitrogen and oxygen atoms in total. The van der Waals surface area contributed by atoms with Crippen molar-refractivity contribution in [3.63, 3.8) is 0 Å². The number of amides is 1. The molecule has 132 valence electrons. The Balaban J connectivity index is 2.14. The molecular weight excluding hydrogens is 321 g/mol. The maximum absolute atomic E-state index is 13.5. The van der Waals surface area contributed by atoms with Crippen LogP contribution in [0.2, 0.25) is 0 Å². The van der Waals surface area contributed by atoms with E-state index in [1.807, 2.05) is 20.8 Å². The lowest BCUT2D eigenvalue weighted by Gasteiger charge is -2.47. The van der Waals surface area contributed by atoms with Gasteiger partial charge in [0.05, 0.1) is 17.8 Å². The molecule has 1 aromatic rings. The Bertz CT molecular complexity index is 677. The molecule has 7 heteroatoms. The molecule has 0 aliphatic carbocycles. The Kier molecular flexibility index (Phi) is 3.92. The number of benzene rings is 1. The van der Waals surface area contributed by atoms with E-state index in [2.05, 4.69) is 10.6 Å². The summed E-state index contributed by atoms with van der Waals surface area (Å²) in [4.78, 5) is 12.0. The van der Waals surface area contributed by atoms with Crippen molar-refractivity contribution in [1.82, 2.24) is 10.6 Å². The van der Waals surface area contributed by atoms with Crippen LogP contribution in [0.25, 0.3) is 0 Å². The molecule has 1 amide bonds. The van der Waals surface area contributed by atoms with Crippen molar-refractivity contribution in [3.05, 3.63) is 34.4 Å². The molecule has 0 saturated carbocycles. The summed E-state index contributed by atoms with van der Waals surface area (Å²) >= 11 is 0. The van der Waals surface area contributed by atoms with Crippen molar-refractivity contribution in [1.29, 1.82) is 0 Å². The number of fused-ring (bicyclic) bond motifs is 1. The molecule has 2 heterocycles. The van der Waals surface area contributed by atoms with Crippen molar-refractivity contribution in [2.75, 3.05) is 19.7 Å². The van der Waals surface area contributed by atoms with Crippen molar-refractivity contribution in [3.8, 4) is 0 Å². The van der Waals surface area contributed by atoms with Gasteiger partial charge in [-0.2, -0.15) is 13.2 Å². The Morgan fingerprint density at radius 1 is 1.25 bits per heavy atom. The monoisotopic (exact) mass is 342 g/mol. The van der Waals surface area contributed by atoms with Gasteiger partial charge in [0.25, 0.3) is 5.91 Å². The average Bonchev–Trinajstić information content (AvgIpc) is 2.87. The summed E-state index contributed by atoms with van der Waals surface area (Å²) < 4.78 is 46.4. The van der Waals surface area contributed by atoms with Crippen LogP contribution >= 0.6 is 0 Å². The number of hydrogen-bond donors (Lipinski definition) is 2. The number of carbonyl (C=O) groups is 1. The first-order valence-corrected chi connectivity index (χ1v) is 7.94. The van der Waals surface area contributed by atoms with Gasteiger partial charge in [-0.05, 0) is 30.2 Å². The number of halogens is 3. The summed E-state index contributed by atoms with van der Waals surface area (Å²) in [6.07, 6.45) is -4.50. The number of hydrogen-bond acceptors (Lipinski definition) is 3.